The predicted octanol–water partition coefficient (Wildman–Crippen LogP) is 2.08. The van der Waals surface area contributed by atoms with Crippen molar-refractivity contribution in [1.82, 2.24) is 0 Å². The highest BCUT2D eigenvalue weighted by atomic mass is 16.1. The summed E-state index contributed by atoms with van der Waals surface area (Å²) in [6.45, 7) is 8.78. The summed E-state index contributed by atoms with van der Waals surface area (Å²) in [5.74, 6) is 1.25. The Bertz CT molecular complexity index is 596. The SMILES string of the molecule is C/C=C/C=c1/cccc/c1=C(/N)C=C(C)C.C=C=O. The highest BCUT2D eigenvalue weighted by Gasteiger charge is 1.89. The fraction of sp³-hybridized carbons (Fsp3) is 0.176. The zero-order chi connectivity index (χ0) is 14.7. The molecular formula is C17H21NO. The summed E-state index contributed by atoms with van der Waals surface area (Å²) >= 11 is 0. The Balaban J connectivity index is 0.000000982. The van der Waals surface area contributed by atoms with Gasteiger partial charge in [0.25, 0.3) is 0 Å². The van der Waals surface area contributed by atoms with Crippen molar-refractivity contribution in [3.05, 3.63) is 65.1 Å². The van der Waals surface area contributed by atoms with Crippen molar-refractivity contribution in [2.24, 2.45) is 5.73 Å². The number of hydrogen-bond donors (Lipinski definition) is 1. The number of rotatable bonds is 2. The summed E-state index contributed by atoms with van der Waals surface area (Å²) in [7, 11) is 0. The highest BCUT2D eigenvalue weighted by molar-refractivity contribution is 5.55. The molecule has 0 saturated heterocycles. The van der Waals surface area contributed by atoms with Gasteiger partial charge in [0, 0.05) is 10.9 Å². The average molecular weight is 255 g/mol. The Morgan fingerprint density at radius 3 is 2.42 bits per heavy atom. The minimum absolute atomic E-state index is 0.816. The number of carbonyl (C=O) groups excluding carboxylic acids is 1. The first-order valence-corrected chi connectivity index (χ1v) is 6.03. The summed E-state index contributed by atoms with van der Waals surface area (Å²) in [6.07, 6.45) is 8.10. The molecule has 0 fully saturated rings. The van der Waals surface area contributed by atoms with Gasteiger partial charge in [-0.2, -0.15) is 0 Å². The van der Waals surface area contributed by atoms with Crippen LogP contribution >= 0.6 is 0 Å². The normalized spacial score (nSPS) is 12.3. The number of nitrogens with two attached hydrogens (primary N) is 1. The number of hydrogen-bond acceptors (Lipinski definition) is 2. The van der Waals surface area contributed by atoms with Crippen LogP contribution in [0.2, 0.25) is 0 Å². The maximum absolute atomic E-state index is 8.57. The Morgan fingerprint density at radius 1 is 1.32 bits per heavy atom. The molecule has 2 nitrogen and oxygen atoms in total. The summed E-state index contributed by atoms with van der Waals surface area (Å²) in [4.78, 5) is 8.57. The first-order valence-electron chi connectivity index (χ1n) is 6.03. The Labute approximate surface area is 115 Å². The number of benzene rings is 1. The van der Waals surface area contributed by atoms with Crippen LogP contribution in [0.4, 0.5) is 0 Å². The molecule has 0 radical (unpaired) electrons. The van der Waals surface area contributed by atoms with Crippen LogP contribution in [0, 0.1) is 0 Å². The lowest BCUT2D eigenvalue weighted by Crippen LogP contribution is -2.28. The fourth-order valence-corrected chi connectivity index (χ4v) is 1.49. The third-order valence-corrected chi connectivity index (χ3v) is 2.18. The van der Waals surface area contributed by atoms with Crippen LogP contribution in [-0.4, -0.2) is 5.94 Å². The molecule has 0 unspecified atom stereocenters. The molecule has 19 heavy (non-hydrogen) atoms. The topological polar surface area (TPSA) is 43.1 Å². The van der Waals surface area contributed by atoms with Crippen molar-refractivity contribution in [2.75, 3.05) is 0 Å². The fourth-order valence-electron chi connectivity index (χ4n) is 1.49. The van der Waals surface area contributed by atoms with Crippen molar-refractivity contribution < 1.29 is 4.79 Å². The molecule has 0 amide bonds. The molecular weight excluding hydrogens is 234 g/mol. The van der Waals surface area contributed by atoms with Crippen LogP contribution in [0.3, 0.4) is 0 Å². The molecule has 100 valence electrons. The molecule has 2 N–H and O–H groups in total. The van der Waals surface area contributed by atoms with Gasteiger partial charge in [-0.1, -0.05) is 48.1 Å². The minimum Gasteiger partial charge on any atom is -0.398 e. The van der Waals surface area contributed by atoms with Crippen LogP contribution in [0.5, 0.6) is 0 Å². The van der Waals surface area contributed by atoms with Crippen LogP contribution in [-0.2, 0) is 4.79 Å². The lowest BCUT2D eigenvalue weighted by Gasteiger charge is -1.96. The quantitative estimate of drug-likeness (QED) is 0.822. The van der Waals surface area contributed by atoms with Crippen molar-refractivity contribution in [3.8, 4) is 0 Å². The largest absolute Gasteiger partial charge is 0.398 e. The molecule has 1 aromatic rings. The summed E-state index contributed by atoms with van der Waals surface area (Å²) < 4.78 is 0. The molecule has 2 heteroatoms. The van der Waals surface area contributed by atoms with Crippen molar-refractivity contribution in [3.63, 3.8) is 0 Å². The van der Waals surface area contributed by atoms with E-state index in [4.69, 9.17) is 10.5 Å². The van der Waals surface area contributed by atoms with E-state index in [2.05, 4.69) is 18.7 Å². The average Bonchev–Trinajstić information content (AvgIpc) is 2.37. The van der Waals surface area contributed by atoms with E-state index in [0.717, 1.165) is 16.1 Å². The standard InChI is InChI=1S/C15H19N.C2H2O/c1-4-5-8-13-9-6-7-10-14(13)15(16)11-12(2)3;1-2-3/h4-11H,16H2,1-3H3;1H2/b5-4+,13-8-,15-14-;. The van der Waals surface area contributed by atoms with Gasteiger partial charge in [0.15, 0.2) is 0 Å². The summed E-state index contributed by atoms with van der Waals surface area (Å²) in [5, 5.41) is 2.23. The molecule has 1 aromatic carbocycles. The van der Waals surface area contributed by atoms with Crippen LogP contribution in [0.15, 0.2) is 54.6 Å². The van der Waals surface area contributed by atoms with E-state index in [9.17, 15) is 0 Å². The lowest BCUT2D eigenvalue weighted by molar-refractivity contribution is 0.569. The molecule has 0 bridgehead atoms. The van der Waals surface area contributed by atoms with Gasteiger partial charge in [-0.3, -0.25) is 0 Å². The van der Waals surface area contributed by atoms with Crippen molar-refractivity contribution >= 4 is 17.7 Å². The molecule has 0 spiro atoms. The Hall–Kier alpha value is -2.31. The van der Waals surface area contributed by atoms with E-state index in [0.29, 0.717) is 0 Å². The van der Waals surface area contributed by atoms with Gasteiger partial charge in [0.2, 0.25) is 0 Å². The van der Waals surface area contributed by atoms with E-state index in [1.807, 2.05) is 57.2 Å². The van der Waals surface area contributed by atoms with Crippen molar-refractivity contribution in [2.45, 2.75) is 20.8 Å². The molecule has 0 saturated carbocycles. The third-order valence-electron chi connectivity index (χ3n) is 2.18. The smallest absolute Gasteiger partial charge is 0.116 e. The maximum atomic E-state index is 8.57. The van der Waals surface area contributed by atoms with Crippen LogP contribution in [0.1, 0.15) is 20.8 Å². The second kappa shape index (κ2) is 9.69. The van der Waals surface area contributed by atoms with E-state index < -0.39 is 0 Å². The lowest BCUT2D eigenvalue weighted by atomic mass is 10.1. The zero-order valence-corrected chi connectivity index (χ0v) is 11.8. The van der Waals surface area contributed by atoms with Gasteiger partial charge in [-0.15, -0.1) is 0 Å². The second-order valence-corrected chi connectivity index (χ2v) is 4.10. The Morgan fingerprint density at radius 2 is 1.89 bits per heavy atom. The van der Waals surface area contributed by atoms with E-state index in [1.54, 1.807) is 0 Å². The first-order chi connectivity index (χ1) is 9.06. The van der Waals surface area contributed by atoms with Gasteiger partial charge in [-0.25, -0.2) is 4.79 Å². The Kier molecular flexibility index (Phi) is 8.51. The first kappa shape index (κ1) is 16.7. The van der Waals surface area contributed by atoms with E-state index >= 15 is 0 Å². The third kappa shape index (κ3) is 6.87. The monoisotopic (exact) mass is 255 g/mol. The van der Waals surface area contributed by atoms with E-state index in [-0.39, 0.29) is 0 Å². The zero-order valence-electron chi connectivity index (χ0n) is 11.8. The maximum Gasteiger partial charge on any atom is 0.116 e. The van der Waals surface area contributed by atoms with Crippen molar-refractivity contribution in [1.29, 1.82) is 0 Å². The van der Waals surface area contributed by atoms with Crippen LogP contribution in [0.25, 0.3) is 11.8 Å². The molecule has 0 aliphatic rings. The molecule has 0 aliphatic heterocycles. The van der Waals surface area contributed by atoms with E-state index in [1.165, 1.54) is 11.5 Å². The van der Waals surface area contributed by atoms with Gasteiger partial charge >= 0.3 is 0 Å². The molecule has 0 heterocycles. The number of allylic oxidation sites excluding steroid dienone is 3. The molecule has 0 aromatic heterocycles. The van der Waals surface area contributed by atoms with Gasteiger partial charge in [-0.05, 0) is 38.6 Å². The second-order valence-electron chi connectivity index (χ2n) is 4.10. The highest BCUT2D eigenvalue weighted by Crippen LogP contribution is 1.93. The predicted molar refractivity (Wildman–Crippen MR) is 83.3 cm³/mol. The molecule has 0 atom stereocenters. The van der Waals surface area contributed by atoms with Crippen LogP contribution < -0.4 is 16.2 Å². The van der Waals surface area contributed by atoms with Gasteiger partial charge in [0.05, 0.1) is 0 Å². The van der Waals surface area contributed by atoms with Gasteiger partial charge in [0.1, 0.15) is 5.94 Å². The minimum atomic E-state index is 0.816. The summed E-state index contributed by atoms with van der Waals surface area (Å²) in [6, 6.07) is 8.15. The molecule has 1 rings (SSSR count). The van der Waals surface area contributed by atoms with Gasteiger partial charge < -0.3 is 5.73 Å². The molecule has 0 aliphatic carbocycles. The summed E-state index contributed by atoms with van der Waals surface area (Å²) in [5.41, 5.74) is 8.09.